The van der Waals surface area contributed by atoms with Gasteiger partial charge in [0.25, 0.3) is 0 Å². The predicted molar refractivity (Wildman–Crippen MR) is 46.6 cm³/mol. The van der Waals surface area contributed by atoms with E-state index < -0.39 is 5.60 Å². The van der Waals surface area contributed by atoms with Crippen molar-refractivity contribution >= 4 is 5.91 Å². The van der Waals surface area contributed by atoms with Crippen LogP contribution in [0.2, 0.25) is 0 Å². The van der Waals surface area contributed by atoms with Gasteiger partial charge >= 0.3 is 0 Å². The molecule has 1 saturated heterocycles. The molecule has 1 atom stereocenters. The molecule has 0 aromatic heterocycles. The third-order valence-electron chi connectivity index (χ3n) is 2.46. The summed E-state index contributed by atoms with van der Waals surface area (Å²) in [5, 5.41) is 0. The molecular formula is C9H17NO2. The Kier molecular flexibility index (Phi) is 2.17. The number of hydrogen-bond acceptors (Lipinski definition) is 2. The van der Waals surface area contributed by atoms with Gasteiger partial charge in [-0.3, -0.25) is 4.79 Å². The SMILES string of the molecule is CC1(C)CCCC(C)(C(N)=O)O1. The highest BCUT2D eigenvalue weighted by Gasteiger charge is 2.41. The molecular weight excluding hydrogens is 154 g/mol. The second-order valence-electron chi connectivity index (χ2n) is 4.31. The van der Waals surface area contributed by atoms with Crippen LogP contribution < -0.4 is 5.73 Å². The van der Waals surface area contributed by atoms with Crippen LogP contribution in [-0.2, 0) is 9.53 Å². The first-order valence-electron chi connectivity index (χ1n) is 4.36. The van der Waals surface area contributed by atoms with Crippen LogP contribution in [0, 0.1) is 0 Å². The fraction of sp³-hybridized carbons (Fsp3) is 0.889. The zero-order chi connectivity index (χ0) is 9.41. The molecule has 3 nitrogen and oxygen atoms in total. The molecule has 1 amide bonds. The Hall–Kier alpha value is -0.570. The summed E-state index contributed by atoms with van der Waals surface area (Å²) >= 11 is 0. The Morgan fingerprint density at radius 1 is 1.33 bits per heavy atom. The van der Waals surface area contributed by atoms with Gasteiger partial charge < -0.3 is 10.5 Å². The fourth-order valence-electron chi connectivity index (χ4n) is 1.74. The Morgan fingerprint density at radius 3 is 2.25 bits per heavy atom. The van der Waals surface area contributed by atoms with E-state index in [0.717, 1.165) is 19.3 Å². The molecule has 0 saturated carbocycles. The van der Waals surface area contributed by atoms with Crippen molar-refractivity contribution in [2.45, 2.75) is 51.2 Å². The second-order valence-corrected chi connectivity index (χ2v) is 4.31. The highest BCUT2D eigenvalue weighted by atomic mass is 16.5. The second kappa shape index (κ2) is 2.73. The molecule has 0 spiro atoms. The van der Waals surface area contributed by atoms with Gasteiger partial charge in [0.2, 0.25) is 5.91 Å². The lowest BCUT2D eigenvalue weighted by Gasteiger charge is -2.41. The predicted octanol–water partition coefficient (Wildman–Crippen LogP) is 1.21. The minimum absolute atomic E-state index is 0.206. The Labute approximate surface area is 73.3 Å². The van der Waals surface area contributed by atoms with Gasteiger partial charge in [0.15, 0.2) is 0 Å². The van der Waals surface area contributed by atoms with Crippen molar-refractivity contribution in [1.82, 2.24) is 0 Å². The topological polar surface area (TPSA) is 52.3 Å². The summed E-state index contributed by atoms with van der Waals surface area (Å²) in [6.07, 6.45) is 2.74. The van der Waals surface area contributed by atoms with E-state index in [-0.39, 0.29) is 11.5 Å². The van der Waals surface area contributed by atoms with Crippen LogP contribution in [0.4, 0.5) is 0 Å². The van der Waals surface area contributed by atoms with E-state index in [1.54, 1.807) is 6.92 Å². The van der Waals surface area contributed by atoms with Crippen LogP contribution in [0.15, 0.2) is 0 Å². The average Bonchev–Trinajstić information content (AvgIpc) is 1.83. The summed E-state index contributed by atoms with van der Waals surface area (Å²) in [5.74, 6) is -0.352. The smallest absolute Gasteiger partial charge is 0.249 e. The van der Waals surface area contributed by atoms with E-state index in [1.165, 1.54) is 0 Å². The Bertz CT molecular complexity index is 201. The monoisotopic (exact) mass is 171 g/mol. The Morgan fingerprint density at radius 2 is 1.92 bits per heavy atom. The van der Waals surface area contributed by atoms with Gasteiger partial charge in [-0.2, -0.15) is 0 Å². The number of primary amides is 1. The molecule has 1 aliphatic rings. The quantitative estimate of drug-likeness (QED) is 0.644. The van der Waals surface area contributed by atoms with Crippen molar-refractivity contribution in [2.75, 3.05) is 0 Å². The largest absolute Gasteiger partial charge is 0.367 e. The fourth-order valence-corrected chi connectivity index (χ4v) is 1.74. The summed E-state index contributed by atoms with van der Waals surface area (Å²) < 4.78 is 5.65. The van der Waals surface area contributed by atoms with Gasteiger partial charge in [-0.1, -0.05) is 0 Å². The van der Waals surface area contributed by atoms with Crippen molar-refractivity contribution < 1.29 is 9.53 Å². The molecule has 0 bridgehead atoms. The lowest BCUT2D eigenvalue weighted by Crippen LogP contribution is -2.51. The van der Waals surface area contributed by atoms with Crippen LogP contribution in [0.5, 0.6) is 0 Å². The maximum atomic E-state index is 11.1. The molecule has 0 aliphatic carbocycles. The molecule has 0 radical (unpaired) electrons. The normalized spacial score (nSPS) is 34.6. The first-order valence-corrected chi connectivity index (χ1v) is 4.36. The molecule has 2 N–H and O–H groups in total. The van der Waals surface area contributed by atoms with E-state index in [4.69, 9.17) is 10.5 Å². The van der Waals surface area contributed by atoms with Gasteiger partial charge in [-0.15, -0.1) is 0 Å². The molecule has 1 rings (SSSR count). The van der Waals surface area contributed by atoms with E-state index in [0.29, 0.717) is 0 Å². The van der Waals surface area contributed by atoms with Crippen molar-refractivity contribution in [3.63, 3.8) is 0 Å². The summed E-state index contributed by atoms with van der Waals surface area (Å²) in [7, 11) is 0. The van der Waals surface area contributed by atoms with E-state index >= 15 is 0 Å². The van der Waals surface area contributed by atoms with Crippen molar-refractivity contribution in [1.29, 1.82) is 0 Å². The number of rotatable bonds is 1. The van der Waals surface area contributed by atoms with Crippen LogP contribution in [-0.4, -0.2) is 17.1 Å². The van der Waals surface area contributed by atoms with Crippen LogP contribution in [0.25, 0.3) is 0 Å². The molecule has 70 valence electrons. The van der Waals surface area contributed by atoms with Crippen molar-refractivity contribution in [3.05, 3.63) is 0 Å². The average molecular weight is 171 g/mol. The van der Waals surface area contributed by atoms with Crippen molar-refractivity contribution in [2.24, 2.45) is 5.73 Å². The lowest BCUT2D eigenvalue weighted by molar-refractivity contribution is -0.179. The number of nitrogens with two attached hydrogens (primary N) is 1. The van der Waals surface area contributed by atoms with Crippen LogP contribution >= 0.6 is 0 Å². The standard InChI is InChI=1S/C9H17NO2/c1-8(2)5-4-6-9(3,12-8)7(10)11/h4-6H2,1-3H3,(H2,10,11). The minimum Gasteiger partial charge on any atom is -0.367 e. The molecule has 1 fully saturated rings. The number of ether oxygens (including phenoxy) is 1. The molecule has 12 heavy (non-hydrogen) atoms. The number of carbonyl (C=O) groups is 1. The highest BCUT2D eigenvalue weighted by molar-refractivity contribution is 5.83. The zero-order valence-electron chi connectivity index (χ0n) is 8.02. The zero-order valence-corrected chi connectivity index (χ0v) is 8.02. The van der Waals surface area contributed by atoms with E-state index in [2.05, 4.69) is 0 Å². The van der Waals surface area contributed by atoms with Gasteiger partial charge in [0.05, 0.1) is 5.60 Å². The number of carbonyl (C=O) groups excluding carboxylic acids is 1. The van der Waals surface area contributed by atoms with Crippen LogP contribution in [0.1, 0.15) is 40.0 Å². The maximum absolute atomic E-state index is 11.1. The molecule has 1 unspecified atom stereocenters. The number of amides is 1. The molecule has 0 aromatic carbocycles. The first kappa shape index (κ1) is 9.52. The summed E-state index contributed by atoms with van der Waals surface area (Å²) in [6, 6.07) is 0. The molecule has 0 aromatic rings. The third-order valence-corrected chi connectivity index (χ3v) is 2.46. The van der Waals surface area contributed by atoms with E-state index in [9.17, 15) is 4.79 Å². The molecule has 1 aliphatic heterocycles. The third kappa shape index (κ3) is 1.78. The van der Waals surface area contributed by atoms with Gasteiger partial charge in [0, 0.05) is 0 Å². The van der Waals surface area contributed by atoms with Gasteiger partial charge in [0.1, 0.15) is 5.60 Å². The Balaban J connectivity index is 2.74. The van der Waals surface area contributed by atoms with Gasteiger partial charge in [-0.25, -0.2) is 0 Å². The number of hydrogen-bond donors (Lipinski definition) is 1. The minimum atomic E-state index is -0.748. The lowest BCUT2D eigenvalue weighted by atomic mass is 9.87. The molecule has 3 heteroatoms. The summed E-state index contributed by atoms with van der Waals surface area (Å²) in [6.45, 7) is 5.76. The van der Waals surface area contributed by atoms with Crippen LogP contribution in [0.3, 0.4) is 0 Å². The maximum Gasteiger partial charge on any atom is 0.249 e. The van der Waals surface area contributed by atoms with Gasteiger partial charge in [-0.05, 0) is 40.0 Å². The summed E-state index contributed by atoms with van der Waals surface area (Å²) in [5.41, 5.74) is 4.30. The summed E-state index contributed by atoms with van der Waals surface area (Å²) in [4.78, 5) is 11.1. The van der Waals surface area contributed by atoms with Crippen molar-refractivity contribution in [3.8, 4) is 0 Å². The van der Waals surface area contributed by atoms with E-state index in [1.807, 2.05) is 13.8 Å². The highest BCUT2D eigenvalue weighted by Crippen LogP contribution is 2.34. The molecule has 1 heterocycles. The first-order chi connectivity index (χ1) is 5.36.